The van der Waals surface area contributed by atoms with Gasteiger partial charge in [0, 0.05) is 18.2 Å². The Morgan fingerprint density at radius 1 is 1.24 bits per heavy atom. The Morgan fingerprint density at radius 2 is 2.00 bits per heavy atom. The lowest BCUT2D eigenvalue weighted by atomic mass is 9.96. The molecule has 1 saturated carbocycles. The number of rotatable bonds is 6. The van der Waals surface area contributed by atoms with Gasteiger partial charge in [0.1, 0.15) is 5.75 Å². The molecule has 1 aliphatic carbocycles. The van der Waals surface area contributed by atoms with Gasteiger partial charge in [-0.1, -0.05) is 37.3 Å². The van der Waals surface area contributed by atoms with E-state index in [4.69, 9.17) is 10.5 Å². The Morgan fingerprint density at radius 3 is 2.62 bits per heavy atom. The summed E-state index contributed by atoms with van der Waals surface area (Å²) in [4.78, 5) is 2.53. The highest BCUT2D eigenvalue weighted by Gasteiger charge is 2.34. The molecule has 0 aromatic heterocycles. The summed E-state index contributed by atoms with van der Waals surface area (Å²) < 4.78 is 5.65. The minimum Gasteiger partial charge on any atom is -0.496 e. The third-order valence-corrected chi connectivity index (χ3v) is 4.49. The van der Waals surface area contributed by atoms with Crippen LogP contribution in [-0.2, 0) is 0 Å². The maximum absolute atomic E-state index is 6.16. The van der Waals surface area contributed by atoms with Crippen LogP contribution in [0.1, 0.15) is 31.4 Å². The van der Waals surface area contributed by atoms with E-state index in [-0.39, 0.29) is 6.04 Å². The van der Waals surface area contributed by atoms with E-state index in [0.717, 1.165) is 12.3 Å². The number of likely N-dealkylation sites (N-methyl/N-ethyl adjacent to an activating group) is 1. The van der Waals surface area contributed by atoms with Crippen molar-refractivity contribution in [2.45, 2.75) is 31.8 Å². The van der Waals surface area contributed by atoms with E-state index in [1.807, 2.05) is 0 Å². The lowest BCUT2D eigenvalue weighted by molar-refractivity contribution is 0.199. The Labute approximate surface area is 126 Å². The summed E-state index contributed by atoms with van der Waals surface area (Å²) in [5.74, 6) is 0.947. The monoisotopic (exact) mass is 284 g/mol. The van der Waals surface area contributed by atoms with Crippen molar-refractivity contribution in [3.63, 3.8) is 0 Å². The van der Waals surface area contributed by atoms with Gasteiger partial charge in [0.15, 0.2) is 0 Å². The van der Waals surface area contributed by atoms with Crippen LogP contribution >= 0.6 is 0 Å². The molecule has 0 heterocycles. The smallest absolute Gasteiger partial charge is 0.124 e. The molecule has 0 radical (unpaired) electrons. The molecular formula is C18H24N2O. The second-order valence-corrected chi connectivity index (χ2v) is 5.72. The second-order valence-electron chi connectivity index (χ2n) is 5.72. The summed E-state index contributed by atoms with van der Waals surface area (Å²) in [5.41, 5.74) is 7.41. The van der Waals surface area contributed by atoms with Crippen molar-refractivity contribution in [3.8, 4) is 5.75 Å². The number of fused-ring (bicyclic) bond motifs is 1. The van der Waals surface area contributed by atoms with E-state index in [9.17, 15) is 0 Å². The summed E-state index contributed by atoms with van der Waals surface area (Å²) in [6, 6.07) is 13.6. The van der Waals surface area contributed by atoms with Crippen molar-refractivity contribution in [3.05, 3.63) is 42.0 Å². The van der Waals surface area contributed by atoms with E-state index >= 15 is 0 Å². The maximum atomic E-state index is 6.16. The fraction of sp³-hybridized carbons (Fsp3) is 0.444. The van der Waals surface area contributed by atoms with Crippen LogP contribution in [0, 0.1) is 0 Å². The van der Waals surface area contributed by atoms with Gasteiger partial charge in [-0.25, -0.2) is 0 Å². The van der Waals surface area contributed by atoms with Crippen LogP contribution in [0.5, 0.6) is 5.75 Å². The second kappa shape index (κ2) is 6.04. The molecule has 112 valence electrons. The highest BCUT2D eigenvalue weighted by atomic mass is 16.5. The number of ether oxygens (including phenoxy) is 1. The Kier molecular flexibility index (Phi) is 4.13. The van der Waals surface area contributed by atoms with Gasteiger partial charge in [-0.2, -0.15) is 0 Å². The minimum atomic E-state index is 0.226. The van der Waals surface area contributed by atoms with Gasteiger partial charge < -0.3 is 10.5 Å². The highest BCUT2D eigenvalue weighted by molar-refractivity contribution is 5.88. The first-order valence-corrected chi connectivity index (χ1v) is 7.81. The normalized spacial score (nSPS) is 16.4. The van der Waals surface area contributed by atoms with Crippen LogP contribution in [-0.4, -0.2) is 31.1 Å². The van der Waals surface area contributed by atoms with Gasteiger partial charge in [0.25, 0.3) is 0 Å². The van der Waals surface area contributed by atoms with Gasteiger partial charge in [-0.3, -0.25) is 4.90 Å². The first-order valence-electron chi connectivity index (χ1n) is 7.81. The zero-order chi connectivity index (χ0) is 14.8. The van der Waals surface area contributed by atoms with Crippen LogP contribution in [0.3, 0.4) is 0 Å². The van der Waals surface area contributed by atoms with Crippen molar-refractivity contribution >= 4 is 10.8 Å². The number of nitrogens with two attached hydrogens (primary N) is 1. The first-order chi connectivity index (χ1) is 10.3. The summed E-state index contributed by atoms with van der Waals surface area (Å²) in [5, 5.41) is 2.50. The third kappa shape index (κ3) is 2.63. The molecule has 1 fully saturated rings. The van der Waals surface area contributed by atoms with Crippen LogP contribution in [0.4, 0.5) is 0 Å². The van der Waals surface area contributed by atoms with E-state index < -0.39 is 0 Å². The van der Waals surface area contributed by atoms with Gasteiger partial charge >= 0.3 is 0 Å². The van der Waals surface area contributed by atoms with Crippen LogP contribution in [0.25, 0.3) is 10.8 Å². The zero-order valence-electron chi connectivity index (χ0n) is 12.9. The van der Waals surface area contributed by atoms with Crippen LogP contribution in [0.15, 0.2) is 36.4 Å². The zero-order valence-corrected chi connectivity index (χ0v) is 12.9. The fourth-order valence-corrected chi connectivity index (χ4v) is 3.36. The molecule has 2 aromatic rings. The number of benzene rings is 2. The molecule has 2 aromatic carbocycles. The topological polar surface area (TPSA) is 38.5 Å². The lowest BCUT2D eigenvalue weighted by Crippen LogP contribution is -2.35. The molecule has 1 atom stereocenters. The quantitative estimate of drug-likeness (QED) is 0.884. The summed E-state index contributed by atoms with van der Waals surface area (Å²) in [6.07, 6.45) is 2.58. The molecule has 0 saturated heterocycles. The summed E-state index contributed by atoms with van der Waals surface area (Å²) in [6.45, 7) is 3.87. The third-order valence-electron chi connectivity index (χ3n) is 4.49. The Hall–Kier alpha value is -1.58. The maximum Gasteiger partial charge on any atom is 0.124 e. The average molecular weight is 284 g/mol. The first kappa shape index (κ1) is 14.4. The predicted molar refractivity (Wildman–Crippen MR) is 87.7 cm³/mol. The predicted octanol–water partition coefficient (Wildman–Crippen LogP) is 3.33. The molecule has 0 spiro atoms. The number of hydrogen-bond donors (Lipinski definition) is 1. The van der Waals surface area contributed by atoms with Gasteiger partial charge in [-0.15, -0.1) is 0 Å². The molecule has 2 N–H and O–H groups in total. The van der Waals surface area contributed by atoms with Crippen molar-refractivity contribution < 1.29 is 4.74 Å². The number of hydrogen-bond acceptors (Lipinski definition) is 3. The molecule has 3 nitrogen and oxygen atoms in total. The van der Waals surface area contributed by atoms with E-state index in [2.05, 4.69) is 48.2 Å². The minimum absolute atomic E-state index is 0.226. The largest absolute Gasteiger partial charge is 0.496 e. The fourth-order valence-electron chi connectivity index (χ4n) is 3.36. The van der Waals surface area contributed by atoms with Crippen molar-refractivity contribution in [2.75, 3.05) is 20.2 Å². The molecule has 0 amide bonds. The molecule has 3 rings (SSSR count). The van der Waals surface area contributed by atoms with Crippen LogP contribution in [0.2, 0.25) is 0 Å². The number of methoxy groups -OCH3 is 1. The van der Waals surface area contributed by atoms with E-state index in [1.165, 1.54) is 29.2 Å². The molecule has 0 aliphatic heterocycles. The van der Waals surface area contributed by atoms with Gasteiger partial charge in [-0.05, 0) is 36.2 Å². The Bertz CT molecular complexity index is 622. The lowest BCUT2D eigenvalue weighted by Gasteiger charge is -2.32. The average Bonchev–Trinajstić information content (AvgIpc) is 3.36. The highest BCUT2D eigenvalue weighted by Crippen LogP contribution is 2.40. The molecule has 1 unspecified atom stereocenters. The van der Waals surface area contributed by atoms with Gasteiger partial charge in [0.05, 0.1) is 13.2 Å². The standard InChI is InChI=1S/C18H24N2O/c1-3-20(14-9-10-14)16(12-19)18-15-7-5-4-6-13(15)8-11-17(18)21-2/h4-8,11,14,16H,3,9-10,12,19H2,1-2H3. The van der Waals surface area contributed by atoms with Crippen molar-refractivity contribution in [2.24, 2.45) is 5.73 Å². The number of nitrogens with zero attached hydrogens (tertiary/aromatic N) is 1. The van der Waals surface area contributed by atoms with E-state index in [0.29, 0.717) is 12.6 Å². The van der Waals surface area contributed by atoms with Crippen LogP contribution < -0.4 is 10.5 Å². The van der Waals surface area contributed by atoms with Crippen molar-refractivity contribution in [1.29, 1.82) is 0 Å². The molecule has 21 heavy (non-hydrogen) atoms. The molecule has 1 aliphatic rings. The SMILES string of the molecule is CCN(C1CC1)C(CN)c1c(OC)ccc2ccccc12. The summed E-state index contributed by atoms with van der Waals surface area (Å²) >= 11 is 0. The molecular weight excluding hydrogens is 260 g/mol. The van der Waals surface area contributed by atoms with E-state index in [1.54, 1.807) is 7.11 Å². The molecule has 3 heteroatoms. The van der Waals surface area contributed by atoms with Gasteiger partial charge in [0.2, 0.25) is 0 Å². The van der Waals surface area contributed by atoms with Crippen molar-refractivity contribution in [1.82, 2.24) is 4.90 Å². The molecule has 0 bridgehead atoms. The summed E-state index contributed by atoms with van der Waals surface area (Å²) in [7, 11) is 1.74. The Balaban J connectivity index is 2.15.